The largest absolute Gasteiger partial charge is 0.356 e. The third-order valence-electron chi connectivity index (χ3n) is 4.48. The fraction of sp³-hybridized carbons (Fsp3) is 0.556. The highest BCUT2D eigenvalue weighted by atomic mass is 19.1. The molecular formula is C18H26FN3O2. The molecule has 0 radical (unpaired) electrons. The van der Waals surface area contributed by atoms with E-state index in [1.54, 1.807) is 18.2 Å². The van der Waals surface area contributed by atoms with Gasteiger partial charge in [0.05, 0.1) is 11.6 Å². The molecule has 2 amide bonds. The molecule has 1 aromatic carbocycles. The van der Waals surface area contributed by atoms with Crippen molar-refractivity contribution in [2.24, 2.45) is 5.92 Å². The standard InChI is InChI=1S/C18H26FN3O2/c1-3-21(4-2)11-7-10-20-18(24)14-12-17(23)22(13-14)16-9-6-5-8-15(16)19/h5-6,8-9,14H,3-4,7,10-13H2,1-2H3,(H,20,24). The number of benzene rings is 1. The van der Waals surface area contributed by atoms with Crippen LogP contribution in [0.4, 0.5) is 10.1 Å². The van der Waals surface area contributed by atoms with Crippen LogP contribution in [0.3, 0.4) is 0 Å². The molecule has 1 unspecified atom stereocenters. The van der Waals surface area contributed by atoms with Gasteiger partial charge in [0.2, 0.25) is 11.8 Å². The van der Waals surface area contributed by atoms with Crippen molar-refractivity contribution in [3.63, 3.8) is 0 Å². The van der Waals surface area contributed by atoms with Gasteiger partial charge in [-0.2, -0.15) is 0 Å². The molecule has 24 heavy (non-hydrogen) atoms. The highest BCUT2D eigenvalue weighted by Gasteiger charge is 2.35. The third-order valence-corrected chi connectivity index (χ3v) is 4.48. The summed E-state index contributed by atoms with van der Waals surface area (Å²) in [4.78, 5) is 28.0. The summed E-state index contributed by atoms with van der Waals surface area (Å²) in [6.45, 7) is 8.00. The molecule has 2 rings (SSSR count). The number of hydrogen-bond acceptors (Lipinski definition) is 3. The molecule has 0 aliphatic carbocycles. The Morgan fingerprint density at radius 2 is 2.04 bits per heavy atom. The van der Waals surface area contributed by atoms with Gasteiger partial charge >= 0.3 is 0 Å². The summed E-state index contributed by atoms with van der Waals surface area (Å²) in [5.41, 5.74) is 0.249. The topological polar surface area (TPSA) is 52.7 Å². The van der Waals surface area contributed by atoms with Crippen molar-refractivity contribution in [1.82, 2.24) is 10.2 Å². The summed E-state index contributed by atoms with van der Waals surface area (Å²) in [5.74, 6) is -1.18. The van der Waals surface area contributed by atoms with Gasteiger partial charge in [0.15, 0.2) is 0 Å². The molecule has 0 bridgehead atoms. The van der Waals surface area contributed by atoms with Crippen LogP contribution < -0.4 is 10.2 Å². The van der Waals surface area contributed by atoms with Gasteiger partial charge in [-0.05, 0) is 38.2 Å². The maximum absolute atomic E-state index is 13.8. The number of amides is 2. The van der Waals surface area contributed by atoms with E-state index in [2.05, 4.69) is 24.1 Å². The summed E-state index contributed by atoms with van der Waals surface area (Å²) in [7, 11) is 0. The molecule has 132 valence electrons. The second-order valence-electron chi connectivity index (χ2n) is 6.03. The molecule has 1 N–H and O–H groups in total. The lowest BCUT2D eigenvalue weighted by Crippen LogP contribution is -2.35. The second kappa shape index (κ2) is 8.78. The van der Waals surface area contributed by atoms with Gasteiger partial charge < -0.3 is 15.1 Å². The monoisotopic (exact) mass is 335 g/mol. The maximum atomic E-state index is 13.8. The highest BCUT2D eigenvalue weighted by molar-refractivity contribution is 6.00. The summed E-state index contributed by atoms with van der Waals surface area (Å²) in [6.07, 6.45) is 1.02. The molecule has 6 heteroatoms. The number of para-hydroxylation sites is 1. The molecule has 5 nitrogen and oxygen atoms in total. The van der Waals surface area contributed by atoms with Crippen molar-refractivity contribution in [2.75, 3.05) is 37.6 Å². The summed E-state index contributed by atoms with van der Waals surface area (Å²) >= 11 is 0. The normalized spacial score (nSPS) is 17.6. The fourth-order valence-electron chi connectivity index (χ4n) is 2.99. The number of halogens is 1. The smallest absolute Gasteiger partial charge is 0.227 e. The Hall–Kier alpha value is -1.95. The molecule has 0 aromatic heterocycles. The second-order valence-corrected chi connectivity index (χ2v) is 6.03. The van der Waals surface area contributed by atoms with E-state index in [1.807, 2.05) is 0 Å². The SMILES string of the molecule is CCN(CC)CCCNC(=O)C1CC(=O)N(c2ccccc2F)C1. The number of nitrogens with one attached hydrogen (secondary N) is 1. The van der Waals surface area contributed by atoms with E-state index < -0.39 is 11.7 Å². The molecular weight excluding hydrogens is 309 g/mol. The highest BCUT2D eigenvalue weighted by Crippen LogP contribution is 2.27. The first-order valence-electron chi connectivity index (χ1n) is 8.61. The first kappa shape index (κ1) is 18.4. The van der Waals surface area contributed by atoms with Crippen LogP contribution in [-0.4, -0.2) is 49.4 Å². The van der Waals surface area contributed by atoms with E-state index in [-0.39, 0.29) is 30.5 Å². The van der Waals surface area contributed by atoms with Crippen LogP contribution in [0.25, 0.3) is 0 Å². The van der Waals surface area contributed by atoms with Gasteiger partial charge in [-0.15, -0.1) is 0 Å². The average Bonchev–Trinajstić information content (AvgIpc) is 2.97. The van der Waals surface area contributed by atoms with Crippen LogP contribution in [-0.2, 0) is 9.59 Å². The Morgan fingerprint density at radius 3 is 2.71 bits per heavy atom. The minimum Gasteiger partial charge on any atom is -0.356 e. The van der Waals surface area contributed by atoms with Crippen LogP contribution in [0.5, 0.6) is 0 Å². The number of anilines is 1. The molecule has 1 aliphatic heterocycles. The fourth-order valence-corrected chi connectivity index (χ4v) is 2.99. The predicted octanol–water partition coefficient (Wildman–Crippen LogP) is 2.03. The van der Waals surface area contributed by atoms with Gasteiger partial charge in [0.1, 0.15) is 5.82 Å². The van der Waals surface area contributed by atoms with Crippen LogP contribution in [0, 0.1) is 11.7 Å². The van der Waals surface area contributed by atoms with Gasteiger partial charge in [0, 0.05) is 19.5 Å². The number of nitrogens with zero attached hydrogens (tertiary/aromatic N) is 2. The van der Waals surface area contributed by atoms with E-state index in [0.29, 0.717) is 6.54 Å². The zero-order valence-corrected chi connectivity index (χ0v) is 14.4. The van der Waals surface area contributed by atoms with Gasteiger partial charge in [-0.1, -0.05) is 26.0 Å². The Labute approximate surface area is 142 Å². The number of carbonyl (C=O) groups is 2. The van der Waals surface area contributed by atoms with E-state index >= 15 is 0 Å². The molecule has 1 aliphatic rings. The third kappa shape index (κ3) is 4.54. The van der Waals surface area contributed by atoms with E-state index in [1.165, 1.54) is 11.0 Å². The van der Waals surface area contributed by atoms with Crippen LogP contribution in [0.1, 0.15) is 26.7 Å². The molecule has 1 saturated heterocycles. The van der Waals surface area contributed by atoms with Crippen molar-refractivity contribution in [1.29, 1.82) is 0 Å². The predicted molar refractivity (Wildman–Crippen MR) is 92.3 cm³/mol. The molecule has 1 aromatic rings. The van der Waals surface area contributed by atoms with E-state index in [0.717, 1.165) is 26.1 Å². The average molecular weight is 335 g/mol. The Kier molecular flexibility index (Phi) is 6.73. The van der Waals surface area contributed by atoms with Gasteiger partial charge in [-0.3, -0.25) is 9.59 Å². The quantitative estimate of drug-likeness (QED) is 0.740. The van der Waals surface area contributed by atoms with Crippen molar-refractivity contribution in [3.8, 4) is 0 Å². The molecule has 1 atom stereocenters. The molecule has 1 heterocycles. The van der Waals surface area contributed by atoms with Crippen LogP contribution in [0.2, 0.25) is 0 Å². The van der Waals surface area contributed by atoms with Crippen molar-refractivity contribution in [3.05, 3.63) is 30.1 Å². The van der Waals surface area contributed by atoms with E-state index in [4.69, 9.17) is 0 Å². The van der Waals surface area contributed by atoms with Crippen LogP contribution in [0.15, 0.2) is 24.3 Å². The van der Waals surface area contributed by atoms with Crippen molar-refractivity contribution >= 4 is 17.5 Å². The Balaban J connectivity index is 1.82. The zero-order valence-electron chi connectivity index (χ0n) is 14.4. The lowest BCUT2D eigenvalue weighted by atomic mass is 10.1. The minimum atomic E-state index is -0.439. The number of hydrogen-bond donors (Lipinski definition) is 1. The lowest BCUT2D eigenvalue weighted by molar-refractivity contribution is -0.126. The molecule has 1 fully saturated rings. The zero-order chi connectivity index (χ0) is 17.5. The first-order chi connectivity index (χ1) is 11.6. The van der Waals surface area contributed by atoms with Gasteiger partial charge in [0.25, 0.3) is 0 Å². The number of carbonyl (C=O) groups excluding carboxylic acids is 2. The summed E-state index contributed by atoms with van der Waals surface area (Å²) < 4.78 is 13.8. The van der Waals surface area contributed by atoms with Gasteiger partial charge in [-0.25, -0.2) is 4.39 Å². The number of rotatable bonds is 8. The van der Waals surface area contributed by atoms with Crippen molar-refractivity contribution < 1.29 is 14.0 Å². The maximum Gasteiger partial charge on any atom is 0.227 e. The van der Waals surface area contributed by atoms with E-state index in [9.17, 15) is 14.0 Å². The molecule has 0 saturated carbocycles. The Bertz CT molecular complexity index is 575. The lowest BCUT2D eigenvalue weighted by Gasteiger charge is -2.18. The molecule has 0 spiro atoms. The summed E-state index contributed by atoms with van der Waals surface area (Å²) in [6, 6.07) is 6.16. The van der Waals surface area contributed by atoms with Crippen LogP contribution >= 0.6 is 0 Å². The Morgan fingerprint density at radius 1 is 1.33 bits per heavy atom. The van der Waals surface area contributed by atoms with Crippen molar-refractivity contribution in [2.45, 2.75) is 26.7 Å². The first-order valence-corrected chi connectivity index (χ1v) is 8.61. The minimum absolute atomic E-state index is 0.123. The summed E-state index contributed by atoms with van der Waals surface area (Å²) in [5, 5.41) is 2.90.